The van der Waals surface area contributed by atoms with Crippen LogP contribution in [0.15, 0.2) is 18.2 Å². The fraction of sp³-hybridized carbons (Fsp3) is 0.538. The molecule has 0 bridgehead atoms. The summed E-state index contributed by atoms with van der Waals surface area (Å²) in [4.78, 5) is 0. The van der Waals surface area contributed by atoms with E-state index in [0.29, 0.717) is 5.56 Å². The molecule has 0 aliphatic rings. The topological polar surface area (TPSA) is 0 Å². The summed E-state index contributed by atoms with van der Waals surface area (Å²) in [5, 5.41) is 0. The molecule has 0 amide bonds. The maximum atomic E-state index is 13.5. The Morgan fingerprint density at radius 2 is 1.50 bits per heavy atom. The van der Waals surface area contributed by atoms with Gasteiger partial charge in [0.15, 0.2) is 0 Å². The Balaban J connectivity index is 3.29. The van der Waals surface area contributed by atoms with Crippen molar-refractivity contribution in [3.05, 3.63) is 35.1 Å². The van der Waals surface area contributed by atoms with Crippen molar-refractivity contribution in [1.82, 2.24) is 0 Å². The van der Waals surface area contributed by atoms with Gasteiger partial charge in [0, 0.05) is 12.0 Å². The lowest BCUT2D eigenvalue weighted by Crippen LogP contribution is -2.16. The average molecular weight is 230 g/mol. The van der Waals surface area contributed by atoms with E-state index in [-0.39, 0.29) is 17.4 Å². The van der Waals surface area contributed by atoms with Crippen molar-refractivity contribution >= 4 is 0 Å². The number of alkyl halides is 2. The van der Waals surface area contributed by atoms with Crippen molar-refractivity contribution < 1.29 is 13.2 Å². The lowest BCUT2D eigenvalue weighted by atomic mass is 9.85. The highest BCUT2D eigenvalue weighted by Crippen LogP contribution is 2.34. The number of benzene rings is 1. The first-order chi connectivity index (χ1) is 7.16. The first-order valence-electron chi connectivity index (χ1n) is 5.36. The molecule has 0 aromatic heterocycles. The summed E-state index contributed by atoms with van der Waals surface area (Å²) in [5.41, 5.74) is 0.0243. The van der Waals surface area contributed by atoms with Crippen LogP contribution in [0.2, 0.25) is 0 Å². The van der Waals surface area contributed by atoms with Crippen molar-refractivity contribution in [1.29, 1.82) is 0 Å². The minimum atomic E-state index is -2.96. The molecule has 0 radical (unpaired) electrons. The Hall–Kier alpha value is -0.990. The van der Waals surface area contributed by atoms with Gasteiger partial charge < -0.3 is 0 Å². The van der Waals surface area contributed by atoms with Gasteiger partial charge in [0.25, 0.3) is 5.92 Å². The normalized spacial score (nSPS) is 12.9. The van der Waals surface area contributed by atoms with Crippen LogP contribution >= 0.6 is 0 Å². The third-order valence-electron chi connectivity index (χ3n) is 2.63. The minimum absolute atomic E-state index is 0.236. The quantitative estimate of drug-likeness (QED) is 0.695. The molecule has 16 heavy (non-hydrogen) atoms. The summed E-state index contributed by atoms with van der Waals surface area (Å²) in [6.45, 7) is 7.00. The summed E-state index contributed by atoms with van der Waals surface area (Å²) in [5.74, 6) is -3.56. The molecule has 1 rings (SSSR count). The van der Waals surface area contributed by atoms with E-state index in [9.17, 15) is 13.2 Å². The third-order valence-corrected chi connectivity index (χ3v) is 2.63. The van der Waals surface area contributed by atoms with Crippen molar-refractivity contribution in [2.75, 3.05) is 0 Å². The molecule has 0 saturated carbocycles. The van der Waals surface area contributed by atoms with Gasteiger partial charge in [-0.1, -0.05) is 27.7 Å². The van der Waals surface area contributed by atoms with Gasteiger partial charge in [-0.3, -0.25) is 0 Å². The molecule has 0 unspecified atom stereocenters. The lowest BCUT2D eigenvalue weighted by molar-refractivity contribution is -0.00869. The standard InChI is InChI=1S/C13H17F3/c1-5-13(15,16)10-6-9(12(2,3)4)7-11(14)8-10/h6-8H,5H2,1-4H3. The number of rotatable bonds is 2. The van der Waals surface area contributed by atoms with Crippen molar-refractivity contribution in [2.24, 2.45) is 0 Å². The van der Waals surface area contributed by atoms with Crippen LogP contribution in [-0.2, 0) is 11.3 Å². The van der Waals surface area contributed by atoms with Crippen LogP contribution in [0.1, 0.15) is 45.2 Å². The van der Waals surface area contributed by atoms with Crippen LogP contribution in [-0.4, -0.2) is 0 Å². The average Bonchev–Trinajstić information content (AvgIpc) is 2.15. The largest absolute Gasteiger partial charge is 0.273 e. The summed E-state index contributed by atoms with van der Waals surface area (Å²) >= 11 is 0. The zero-order valence-corrected chi connectivity index (χ0v) is 10.1. The Kier molecular flexibility index (Phi) is 3.36. The molecule has 0 aliphatic carbocycles. The maximum absolute atomic E-state index is 13.5. The minimum Gasteiger partial charge on any atom is -0.207 e. The summed E-state index contributed by atoms with van der Waals surface area (Å²) in [6.07, 6.45) is -0.319. The Bertz CT molecular complexity index is 375. The monoisotopic (exact) mass is 230 g/mol. The molecule has 0 atom stereocenters. The summed E-state index contributed by atoms with van der Waals surface area (Å²) < 4.78 is 40.2. The second kappa shape index (κ2) is 4.11. The van der Waals surface area contributed by atoms with Crippen molar-refractivity contribution in [3.63, 3.8) is 0 Å². The smallest absolute Gasteiger partial charge is 0.207 e. The van der Waals surface area contributed by atoms with Gasteiger partial charge in [-0.05, 0) is 29.2 Å². The van der Waals surface area contributed by atoms with Gasteiger partial charge in [0.2, 0.25) is 0 Å². The highest BCUT2D eigenvalue weighted by atomic mass is 19.3. The van der Waals surface area contributed by atoms with Gasteiger partial charge in [0.1, 0.15) is 5.82 Å². The number of halogens is 3. The molecule has 0 N–H and O–H groups in total. The molecule has 1 aromatic rings. The Morgan fingerprint density at radius 3 is 1.94 bits per heavy atom. The van der Waals surface area contributed by atoms with Crippen LogP contribution in [0.5, 0.6) is 0 Å². The van der Waals surface area contributed by atoms with Gasteiger partial charge in [-0.2, -0.15) is 0 Å². The van der Waals surface area contributed by atoms with E-state index < -0.39 is 11.7 Å². The first kappa shape index (κ1) is 13.1. The van der Waals surface area contributed by atoms with E-state index >= 15 is 0 Å². The van der Waals surface area contributed by atoms with E-state index in [0.717, 1.165) is 6.07 Å². The molecule has 0 heterocycles. The maximum Gasteiger partial charge on any atom is 0.273 e. The van der Waals surface area contributed by atoms with Gasteiger partial charge >= 0.3 is 0 Å². The first-order valence-corrected chi connectivity index (χ1v) is 5.36. The van der Waals surface area contributed by atoms with E-state index in [1.54, 1.807) is 0 Å². The van der Waals surface area contributed by atoms with Gasteiger partial charge in [-0.25, -0.2) is 13.2 Å². The lowest BCUT2D eigenvalue weighted by Gasteiger charge is -2.22. The van der Waals surface area contributed by atoms with Crippen LogP contribution < -0.4 is 0 Å². The molecular weight excluding hydrogens is 213 g/mol. The van der Waals surface area contributed by atoms with Crippen LogP contribution in [0.4, 0.5) is 13.2 Å². The van der Waals surface area contributed by atoms with E-state index in [1.807, 2.05) is 20.8 Å². The van der Waals surface area contributed by atoms with Crippen LogP contribution in [0.25, 0.3) is 0 Å². The molecule has 0 aliphatic heterocycles. The molecule has 90 valence electrons. The van der Waals surface area contributed by atoms with Crippen molar-refractivity contribution in [2.45, 2.75) is 45.5 Å². The SMILES string of the molecule is CCC(F)(F)c1cc(F)cc(C(C)(C)C)c1. The zero-order chi connectivity index (χ0) is 12.6. The molecular formula is C13H17F3. The highest BCUT2D eigenvalue weighted by Gasteiger charge is 2.30. The highest BCUT2D eigenvalue weighted by molar-refractivity contribution is 5.32. The second-order valence-electron chi connectivity index (χ2n) is 5.04. The number of hydrogen-bond acceptors (Lipinski definition) is 0. The van der Waals surface area contributed by atoms with Crippen molar-refractivity contribution in [3.8, 4) is 0 Å². The summed E-state index contributed by atoms with van der Waals surface area (Å²) in [6, 6.07) is 3.63. The molecule has 1 aromatic carbocycles. The van der Waals surface area contributed by atoms with E-state index in [4.69, 9.17) is 0 Å². The molecule has 0 fully saturated rings. The van der Waals surface area contributed by atoms with Gasteiger partial charge in [-0.15, -0.1) is 0 Å². The van der Waals surface area contributed by atoms with Crippen LogP contribution in [0.3, 0.4) is 0 Å². The van der Waals surface area contributed by atoms with E-state index in [1.165, 1.54) is 19.1 Å². The molecule has 0 spiro atoms. The molecule has 0 saturated heterocycles. The predicted molar refractivity (Wildman–Crippen MR) is 59.3 cm³/mol. The Labute approximate surface area is 94.5 Å². The Morgan fingerprint density at radius 1 is 1.00 bits per heavy atom. The molecule has 0 nitrogen and oxygen atoms in total. The summed E-state index contributed by atoms with van der Waals surface area (Å²) in [7, 11) is 0. The fourth-order valence-corrected chi connectivity index (χ4v) is 1.44. The number of hydrogen-bond donors (Lipinski definition) is 0. The van der Waals surface area contributed by atoms with Crippen LogP contribution in [0, 0.1) is 5.82 Å². The molecule has 3 heteroatoms. The predicted octanol–water partition coefficient (Wildman–Crippen LogP) is 4.63. The second-order valence-corrected chi connectivity index (χ2v) is 5.04. The third kappa shape index (κ3) is 2.77. The van der Waals surface area contributed by atoms with E-state index in [2.05, 4.69) is 0 Å². The zero-order valence-electron chi connectivity index (χ0n) is 10.1. The van der Waals surface area contributed by atoms with Gasteiger partial charge in [0.05, 0.1) is 0 Å². The fourth-order valence-electron chi connectivity index (χ4n) is 1.44.